The summed E-state index contributed by atoms with van der Waals surface area (Å²) in [5.74, 6) is 0.526. The van der Waals surface area contributed by atoms with Gasteiger partial charge in [0.1, 0.15) is 5.75 Å². The maximum Gasteiger partial charge on any atom is 0.258 e. The number of hydrogen-bond donors (Lipinski definition) is 1. The molecule has 2 aromatic rings. The molecule has 104 valence electrons. The summed E-state index contributed by atoms with van der Waals surface area (Å²) in [5, 5.41) is 3.56. The molecule has 0 saturated heterocycles. The lowest BCUT2D eigenvalue weighted by atomic mass is 10.1. The van der Waals surface area contributed by atoms with Crippen molar-refractivity contribution in [3.05, 3.63) is 65.2 Å². The molecule has 1 amide bonds. The van der Waals surface area contributed by atoms with Crippen LogP contribution in [-0.4, -0.2) is 12.5 Å². The van der Waals surface area contributed by atoms with Gasteiger partial charge in [-0.25, -0.2) is 0 Å². The molecular formula is C16H16ClNO2. The van der Waals surface area contributed by atoms with E-state index in [4.69, 9.17) is 16.3 Å². The molecule has 0 fully saturated rings. The fourth-order valence-corrected chi connectivity index (χ4v) is 1.91. The standard InChI is InChI=1S/C16H16ClNO2/c1-12(13-7-9-14(17)10-8-13)18-16(19)11-20-15-5-3-2-4-6-15/h2-10,12H,11H2,1H3,(H,18,19). The number of carbonyl (C=O) groups is 1. The fourth-order valence-electron chi connectivity index (χ4n) is 1.78. The van der Waals surface area contributed by atoms with Crippen LogP contribution < -0.4 is 10.1 Å². The van der Waals surface area contributed by atoms with E-state index in [1.807, 2.05) is 49.4 Å². The monoisotopic (exact) mass is 289 g/mol. The molecule has 0 aliphatic rings. The quantitative estimate of drug-likeness (QED) is 0.913. The second-order valence-electron chi connectivity index (χ2n) is 4.44. The first-order valence-corrected chi connectivity index (χ1v) is 6.75. The van der Waals surface area contributed by atoms with Crippen molar-refractivity contribution < 1.29 is 9.53 Å². The van der Waals surface area contributed by atoms with E-state index in [1.54, 1.807) is 12.1 Å². The van der Waals surface area contributed by atoms with Gasteiger partial charge in [-0.2, -0.15) is 0 Å². The van der Waals surface area contributed by atoms with Crippen LogP contribution in [0.1, 0.15) is 18.5 Å². The number of para-hydroxylation sites is 1. The van der Waals surface area contributed by atoms with Crippen LogP contribution in [0.3, 0.4) is 0 Å². The van der Waals surface area contributed by atoms with Gasteiger partial charge in [-0.05, 0) is 36.8 Å². The number of ether oxygens (including phenoxy) is 1. The van der Waals surface area contributed by atoms with Crippen molar-refractivity contribution in [2.75, 3.05) is 6.61 Å². The fraction of sp³-hybridized carbons (Fsp3) is 0.188. The smallest absolute Gasteiger partial charge is 0.258 e. The number of halogens is 1. The normalized spacial score (nSPS) is 11.7. The molecule has 0 aliphatic heterocycles. The predicted molar refractivity (Wildman–Crippen MR) is 79.9 cm³/mol. The summed E-state index contributed by atoms with van der Waals surface area (Å²) >= 11 is 5.83. The molecule has 0 aromatic heterocycles. The lowest BCUT2D eigenvalue weighted by molar-refractivity contribution is -0.123. The van der Waals surface area contributed by atoms with Crippen LogP contribution in [0.4, 0.5) is 0 Å². The molecule has 2 rings (SSSR count). The van der Waals surface area contributed by atoms with Crippen LogP contribution in [0.15, 0.2) is 54.6 Å². The molecule has 1 atom stereocenters. The van der Waals surface area contributed by atoms with E-state index in [2.05, 4.69) is 5.32 Å². The van der Waals surface area contributed by atoms with Gasteiger partial charge in [0.05, 0.1) is 6.04 Å². The van der Waals surface area contributed by atoms with E-state index in [0.717, 1.165) is 5.56 Å². The van der Waals surface area contributed by atoms with Gasteiger partial charge in [0, 0.05) is 5.02 Å². The molecule has 0 spiro atoms. The molecular weight excluding hydrogens is 274 g/mol. The average Bonchev–Trinajstić information content (AvgIpc) is 2.47. The number of benzene rings is 2. The summed E-state index contributed by atoms with van der Waals surface area (Å²) in [6.45, 7) is 1.92. The second-order valence-corrected chi connectivity index (χ2v) is 4.88. The summed E-state index contributed by atoms with van der Waals surface area (Å²) in [4.78, 5) is 11.8. The molecule has 1 unspecified atom stereocenters. The van der Waals surface area contributed by atoms with Crippen LogP contribution in [0, 0.1) is 0 Å². The molecule has 1 N–H and O–H groups in total. The molecule has 0 heterocycles. The van der Waals surface area contributed by atoms with Crippen LogP contribution in [-0.2, 0) is 4.79 Å². The Bertz CT molecular complexity index is 554. The van der Waals surface area contributed by atoms with Gasteiger partial charge in [-0.1, -0.05) is 41.9 Å². The van der Waals surface area contributed by atoms with Crippen LogP contribution in [0.5, 0.6) is 5.75 Å². The van der Waals surface area contributed by atoms with Gasteiger partial charge < -0.3 is 10.1 Å². The van der Waals surface area contributed by atoms with Crippen molar-refractivity contribution in [1.29, 1.82) is 0 Å². The highest BCUT2D eigenvalue weighted by Crippen LogP contribution is 2.16. The Morgan fingerprint density at radius 1 is 1.15 bits per heavy atom. The highest BCUT2D eigenvalue weighted by atomic mass is 35.5. The third kappa shape index (κ3) is 4.28. The van der Waals surface area contributed by atoms with Gasteiger partial charge in [-0.15, -0.1) is 0 Å². The first-order chi connectivity index (χ1) is 9.65. The topological polar surface area (TPSA) is 38.3 Å². The van der Waals surface area contributed by atoms with E-state index in [0.29, 0.717) is 10.8 Å². The minimum absolute atomic E-state index is 0.00193. The number of hydrogen-bond acceptors (Lipinski definition) is 2. The number of amides is 1. The Balaban J connectivity index is 1.83. The van der Waals surface area contributed by atoms with E-state index < -0.39 is 0 Å². The molecule has 0 radical (unpaired) electrons. The summed E-state index contributed by atoms with van der Waals surface area (Å²) < 4.78 is 5.39. The predicted octanol–water partition coefficient (Wildman–Crippen LogP) is 3.60. The van der Waals surface area contributed by atoms with Crippen LogP contribution in [0.25, 0.3) is 0 Å². The van der Waals surface area contributed by atoms with Gasteiger partial charge in [0.2, 0.25) is 0 Å². The minimum Gasteiger partial charge on any atom is -0.484 e. The van der Waals surface area contributed by atoms with Crippen molar-refractivity contribution in [2.24, 2.45) is 0 Å². The Morgan fingerprint density at radius 2 is 1.80 bits per heavy atom. The van der Waals surface area contributed by atoms with Crippen LogP contribution in [0.2, 0.25) is 5.02 Å². The maximum absolute atomic E-state index is 11.8. The molecule has 20 heavy (non-hydrogen) atoms. The third-order valence-electron chi connectivity index (χ3n) is 2.86. The number of rotatable bonds is 5. The zero-order valence-electron chi connectivity index (χ0n) is 11.2. The first kappa shape index (κ1) is 14.4. The highest BCUT2D eigenvalue weighted by Gasteiger charge is 2.09. The first-order valence-electron chi connectivity index (χ1n) is 6.38. The molecule has 3 nitrogen and oxygen atoms in total. The average molecular weight is 290 g/mol. The Hall–Kier alpha value is -2.00. The summed E-state index contributed by atoms with van der Waals surface area (Å²) in [5.41, 5.74) is 1.00. The zero-order chi connectivity index (χ0) is 14.4. The summed E-state index contributed by atoms with van der Waals surface area (Å²) in [7, 11) is 0. The molecule has 0 saturated carbocycles. The van der Waals surface area contributed by atoms with E-state index in [1.165, 1.54) is 0 Å². The van der Waals surface area contributed by atoms with E-state index in [-0.39, 0.29) is 18.6 Å². The minimum atomic E-state index is -0.156. The Labute approximate surface area is 123 Å². The van der Waals surface area contributed by atoms with Gasteiger partial charge >= 0.3 is 0 Å². The maximum atomic E-state index is 11.8. The SMILES string of the molecule is CC(NC(=O)COc1ccccc1)c1ccc(Cl)cc1. The van der Waals surface area contributed by atoms with Crippen molar-refractivity contribution in [2.45, 2.75) is 13.0 Å². The number of nitrogens with one attached hydrogen (secondary N) is 1. The lowest BCUT2D eigenvalue weighted by Crippen LogP contribution is -2.31. The molecule has 4 heteroatoms. The Kier molecular flexibility index (Phi) is 5.02. The van der Waals surface area contributed by atoms with Crippen LogP contribution >= 0.6 is 11.6 Å². The largest absolute Gasteiger partial charge is 0.484 e. The lowest BCUT2D eigenvalue weighted by Gasteiger charge is -2.14. The van der Waals surface area contributed by atoms with Crippen molar-refractivity contribution >= 4 is 17.5 Å². The van der Waals surface area contributed by atoms with E-state index in [9.17, 15) is 4.79 Å². The van der Waals surface area contributed by atoms with Gasteiger partial charge in [-0.3, -0.25) is 4.79 Å². The summed E-state index contributed by atoms with van der Waals surface area (Å²) in [6, 6.07) is 16.6. The second kappa shape index (κ2) is 6.96. The van der Waals surface area contributed by atoms with Gasteiger partial charge in [0.15, 0.2) is 6.61 Å². The molecule has 2 aromatic carbocycles. The van der Waals surface area contributed by atoms with Crippen molar-refractivity contribution in [3.8, 4) is 5.75 Å². The molecule has 0 aliphatic carbocycles. The third-order valence-corrected chi connectivity index (χ3v) is 3.11. The summed E-state index contributed by atoms with van der Waals surface area (Å²) in [6.07, 6.45) is 0. The van der Waals surface area contributed by atoms with Crippen molar-refractivity contribution in [1.82, 2.24) is 5.32 Å². The molecule has 0 bridgehead atoms. The highest BCUT2D eigenvalue weighted by molar-refractivity contribution is 6.30. The van der Waals surface area contributed by atoms with Crippen molar-refractivity contribution in [3.63, 3.8) is 0 Å². The number of carbonyl (C=O) groups excluding carboxylic acids is 1. The zero-order valence-corrected chi connectivity index (χ0v) is 11.9. The van der Waals surface area contributed by atoms with Gasteiger partial charge in [0.25, 0.3) is 5.91 Å². The Morgan fingerprint density at radius 3 is 2.45 bits per heavy atom. The van der Waals surface area contributed by atoms with E-state index >= 15 is 0 Å².